The van der Waals surface area contributed by atoms with Crippen molar-refractivity contribution in [3.8, 4) is 11.8 Å². The SMILES string of the molecule is N#Cc1cccc(O)c1C=O. The van der Waals surface area contributed by atoms with Crippen LogP contribution in [0.2, 0.25) is 0 Å². The third-order valence-corrected chi connectivity index (χ3v) is 1.32. The molecule has 3 heteroatoms. The number of carbonyl (C=O) groups excluding carboxylic acids is 1. The predicted molar refractivity (Wildman–Crippen MR) is 38.2 cm³/mol. The van der Waals surface area contributed by atoms with Crippen molar-refractivity contribution in [2.24, 2.45) is 0 Å². The molecule has 0 aliphatic carbocycles. The first-order valence-corrected chi connectivity index (χ1v) is 2.97. The summed E-state index contributed by atoms with van der Waals surface area (Å²) >= 11 is 0. The molecule has 1 rings (SSSR count). The zero-order chi connectivity index (χ0) is 8.27. The topological polar surface area (TPSA) is 61.1 Å². The highest BCUT2D eigenvalue weighted by atomic mass is 16.3. The summed E-state index contributed by atoms with van der Waals surface area (Å²) in [5.41, 5.74) is 0.245. The first-order chi connectivity index (χ1) is 5.29. The second kappa shape index (κ2) is 2.84. The molecule has 11 heavy (non-hydrogen) atoms. The Morgan fingerprint density at radius 2 is 2.27 bits per heavy atom. The van der Waals surface area contributed by atoms with Gasteiger partial charge in [-0.1, -0.05) is 6.07 Å². The quantitative estimate of drug-likeness (QED) is 0.604. The molecule has 0 aromatic heterocycles. The van der Waals surface area contributed by atoms with Crippen molar-refractivity contribution < 1.29 is 9.90 Å². The molecule has 0 saturated heterocycles. The van der Waals surface area contributed by atoms with Gasteiger partial charge in [0.25, 0.3) is 0 Å². The zero-order valence-corrected chi connectivity index (χ0v) is 5.61. The lowest BCUT2D eigenvalue weighted by Gasteiger charge is -1.96. The largest absolute Gasteiger partial charge is 0.507 e. The fourth-order valence-electron chi connectivity index (χ4n) is 0.774. The van der Waals surface area contributed by atoms with E-state index in [0.29, 0.717) is 6.29 Å². The van der Waals surface area contributed by atoms with E-state index in [9.17, 15) is 4.79 Å². The van der Waals surface area contributed by atoms with E-state index in [1.54, 1.807) is 6.07 Å². The minimum absolute atomic E-state index is 0.0509. The number of carbonyl (C=O) groups is 1. The first-order valence-electron chi connectivity index (χ1n) is 2.97. The molecule has 0 amide bonds. The fraction of sp³-hybridized carbons (Fsp3) is 0. The van der Waals surface area contributed by atoms with E-state index in [1.807, 2.05) is 0 Å². The van der Waals surface area contributed by atoms with Gasteiger partial charge in [-0.05, 0) is 12.1 Å². The smallest absolute Gasteiger partial charge is 0.155 e. The van der Waals surface area contributed by atoms with E-state index in [-0.39, 0.29) is 16.9 Å². The van der Waals surface area contributed by atoms with Crippen molar-refractivity contribution in [1.82, 2.24) is 0 Å². The first kappa shape index (κ1) is 7.29. The van der Waals surface area contributed by atoms with E-state index in [4.69, 9.17) is 10.4 Å². The molecule has 1 aromatic carbocycles. The van der Waals surface area contributed by atoms with Crippen LogP contribution in [0.25, 0.3) is 0 Å². The molecule has 0 heterocycles. The molecule has 0 unspecified atom stereocenters. The molecule has 0 bridgehead atoms. The van der Waals surface area contributed by atoms with Crippen molar-refractivity contribution in [2.45, 2.75) is 0 Å². The monoisotopic (exact) mass is 147 g/mol. The minimum Gasteiger partial charge on any atom is -0.507 e. The van der Waals surface area contributed by atoms with Crippen molar-refractivity contribution in [1.29, 1.82) is 5.26 Å². The van der Waals surface area contributed by atoms with Gasteiger partial charge >= 0.3 is 0 Å². The van der Waals surface area contributed by atoms with Crippen LogP contribution in [0.4, 0.5) is 0 Å². The lowest BCUT2D eigenvalue weighted by molar-refractivity contribution is 0.112. The number of hydrogen-bond donors (Lipinski definition) is 1. The van der Waals surface area contributed by atoms with Crippen LogP contribution in [0.1, 0.15) is 15.9 Å². The standard InChI is InChI=1S/C8H5NO2/c9-4-6-2-1-3-8(11)7(6)5-10/h1-3,5,11H. The molecule has 1 aromatic rings. The number of nitrogens with zero attached hydrogens (tertiary/aromatic N) is 1. The number of phenolic OH excluding ortho intramolecular Hbond substituents is 1. The summed E-state index contributed by atoms with van der Waals surface area (Å²) in [4.78, 5) is 10.3. The average Bonchev–Trinajstić information content (AvgIpc) is 2.04. The van der Waals surface area contributed by atoms with Crippen LogP contribution in [0, 0.1) is 11.3 Å². The van der Waals surface area contributed by atoms with Gasteiger partial charge in [-0.3, -0.25) is 4.79 Å². The highest BCUT2D eigenvalue weighted by Gasteiger charge is 2.04. The van der Waals surface area contributed by atoms with Crippen molar-refractivity contribution in [3.05, 3.63) is 29.3 Å². The molecular weight excluding hydrogens is 142 g/mol. The van der Waals surface area contributed by atoms with Gasteiger partial charge in [-0.2, -0.15) is 5.26 Å². The summed E-state index contributed by atoms with van der Waals surface area (Å²) < 4.78 is 0. The van der Waals surface area contributed by atoms with Gasteiger partial charge in [0.05, 0.1) is 11.1 Å². The Morgan fingerprint density at radius 3 is 2.73 bits per heavy atom. The summed E-state index contributed by atoms with van der Waals surface area (Å²) in [5.74, 6) is -0.154. The van der Waals surface area contributed by atoms with Crippen LogP contribution >= 0.6 is 0 Å². The summed E-state index contributed by atoms with van der Waals surface area (Å²) in [5, 5.41) is 17.5. The number of aromatic hydroxyl groups is 1. The highest BCUT2D eigenvalue weighted by Crippen LogP contribution is 2.17. The van der Waals surface area contributed by atoms with E-state index >= 15 is 0 Å². The van der Waals surface area contributed by atoms with Crippen LogP contribution in [-0.4, -0.2) is 11.4 Å². The van der Waals surface area contributed by atoms with E-state index in [1.165, 1.54) is 18.2 Å². The van der Waals surface area contributed by atoms with Gasteiger partial charge in [0.2, 0.25) is 0 Å². The molecule has 54 valence electrons. The average molecular weight is 147 g/mol. The maximum absolute atomic E-state index is 10.3. The molecule has 0 aliphatic heterocycles. The Hall–Kier alpha value is -1.82. The lowest BCUT2D eigenvalue weighted by Crippen LogP contribution is -1.86. The van der Waals surface area contributed by atoms with Gasteiger partial charge < -0.3 is 5.11 Å². The summed E-state index contributed by atoms with van der Waals surface area (Å²) in [6, 6.07) is 6.15. The molecule has 0 atom stereocenters. The molecule has 0 radical (unpaired) electrons. The van der Waals surface area contributed by atoms with E-state index < -0.39 is 0 Å². The number of benzene rings is 1. The molecule has 0 aliphatic rings. The molecule has 3 nitrogen and oxygen atoms in total. The minimum atomic E-state index is -0.154. The second-order valence-corrected chi connectivity index (χ2v) is 1.97. The second-order valence-electron chi connectivity index (χ2n) is 1.97. The van der Waals surface area contributed by atoms with Crippen molar-refractivity contribution in [2.75, 3.05) is 0 Å². The third kappa shape index (κ3) is 1.19. The Balaban J connectivity index is 3.38. The van der Waals surface area contributed by atoms with Gasteiger partial charge in [0.1, 0.15) is 11.8 Å². The number of hydrogen-bond acceptors (Lipinski definition) is 3. The zero-order valence-electron chi connectivity index (χ0n) is 5.61. The summed E-state index contributed by atoms with van der Waals surface area (Å²) in [6.45, 7) is 0. The van der Waals surface area contributed by atoms with Crippen molar-refractivity contribution >= 4 is 6.29 Å². The molecule has 0 fully saturated rings. The van der Waals surface area contributed by atoms with Gasteiger partial charge in [0.15, 0.2) is 6.29 Å². The van der Waals surface area contributed by atoms with Crippen LogP contribution < -0.4 is 0 Å². The van der Waals surface area contributed by atoms with Gasteiger partial charge in [-0.25, -0.2) is 0 Å². The Bertz CT molecular complexity index is 325. The Labute approximate surface area is 63.5 Å². The van der Waals surface area contributed by atoms with E-state index in [0.717, 1.165) is 0 Å². The molecular formula is C8H5NO2. The maximum atomic E-state index is 10.3. The maximum Gasteiger partial charge on any atom is 0.155 e. The number of aldehydes is 1. The molecule has 0 saturated carbocycles. The highest BCUT2D eigenvalue weighted by molar-refractivity contribution is 5.83. The lowest BCUT2D eigenvalue weighted by atomic mass is 10.1. The van der Waals surface area contributed by atoms with Gasteiger partial charge in [0, 0.05) is 0 Å². The molecule has 0 spiro atoms. The summed E-state index contributed by atoms with van der Waals surface area (Å²) in [6.07, 6.45) is 0.466. The summed E-state index contributed by atoms with van der Waals surface area (Å²) in [7, 11) is 0. The number of phenols is 1. The Morgan fingerprint density at radius 1 is 1.55 bits per heavy atom. The number of rotatable bonds is 1. The fourth-order valence-corrected chi connectivity index (χ4v) is 0.774. The van der Waals surface area contributed by atoms with Crippen LogP contribution in [0.15, 0.2) is 18.2 Å². The Kier molecular flexibility index (Phi) is 1.88. The van der Waals surface area contributed by atoms with Crippen molar-refractivity contribution in [3.63, 3.8) is 0 Å². The number of nitriles is 1. The normalized spacial score (nSPS) is 8.64. The van der Waals surface area contributed by atoms with E-state index in [2.05, 4.69) is 0 Å². The van der Waals surface area contributed by atoms with Crippen LogP contribution in [0.3, 0.4) is 0 Å². The molecule has 1 N–H and O–H groups in total. The van der Waals surface area contributed by atoms with Crippen LogP contribution in [-0.2, 0) is 0 Å². The third-order valence-electron chi connectivity index (χ3n) is 1.32. The predicted octanol–water partition coefficient (Wildman–Crippen LogP) is 1.08. The van der Waals surface area contributed by atoms with Crippen LogP contribution in [0.5, 0.6) is 5.75 Å². The van der Waals surface area contributed by atoms with Gasteiger partial charge in [-0.15, -0.1) is 0 Å².